The van der Waals surface area contributed by atoms with E-state index in [1.54, 1.807) is 0 Å². The van der Waals surface area contributed by atoms with Crippen LogP contribution in [0.5, 0.6) is 0 Å². The number of nitrogens with one attached hydrogen (secondary N) is 1. The van der Waals surface area contributed by atoms with E-state index in [2.05, 4.69) is 47.8 Å². The van der Waals surface area contributed by atoms with Crippen LogP contribution in [0.2, 0.25) is 0 Å². The molecule has 0 amide bonds. The maximum absolute atomic E-state index is 6.08. The molecular weight excluding hydrogens is 467 g/mol. The number of piperidine rings is 1. The van der Waals surface area contributed by atoms with Gasteiger partial charge in [-0.2, -0.15) is 0 Å². The smallest absolute Gasteiger partial charge is 0.193 e. The van der Waals surface area contributed by atoms with Crippen LogP contribution in [0.25, 0.3) is 0 Å². The number of likely N-dealkylation sites (tertiary alicyclic amines) is 1. The third-order valence-electron chi connectivity index (χ3n) is 5.70. The zero-order valence-corrected chi connectivity index (χ0v) is 21.0. The van der Waals surface area contributed by atoms with Crippen LogP contribution in [0.4, 0.5) is 0 Å². The first kappa shape index (κ1) is 25.9. The first-order valence-electron chi connectivity index (χ1n) is 11.0. The number of hydrogen-bond donors (Lipinski definition) is 1. The molecule has 0 radical (unpaired) electrons. The molecule has 1 N–H and O–H groups in total. The summed E-state index contributed by atoms with van der Waals surface area (Å²) in [5.74, 6) is 1.04. The van der Waals surface area contributed by atoms with Gasteiger partial charge in [-0.15, -0.1) is 24.0 Å². The fourth-order valence-corrected chi connectivity index (χ4v) is 4.16. The minimum Gasteiger partial charge on any atom is -0.376 e. The van der Waals surface area contributed by atoms with E-state index in [0.717, 1.165) is 71.0 Å². The minimum absolute atomic E-state index is 0. The Morgan fingerprint density at radius 1 is 1.18 bits per heavy atom. The Balaban J connectivity index is 0.00000392. The second-order valence-corrected chi connectivity index (χ2v) is 8.41. The number of halogens is 1. The van der Waals surface area contributed by atoms with Crippen molar-refractivity contribution < 1.29 is 9.47 Å². The predicted molar refractivity (Wildman–Crippen MR) is 128 cm³/mol. The lowest BCUT2D eigenvalue weighted by molar-refractivity contribution is -0.0367. The fraction of sp³-hybridized carbons (Fsp3) is 0.952. The van der Waals surface area contributed by atoms with Crippen molar-refractivity contribution in [2.75, 3.05) is 46.4 Å². The van der Waals surface area contributed by atoms with Crippen molar-refractivity contribution >= 4 is 29.9 Å². The first-order chi connectivity index (χ1) is 13.0. The van der Waals surface area contributed by atoms with Gasteiger partial charge in [-0.1, -0.05) is 0 Å². The Bertz CT molecular complexity index is 426. The molecule has 2 rings (SSSR count). The van der Waals surface area contributed by atoms with Crippen molar-refractivity contribution in [2.45, 2.75) is 84.1 Å². The molecule has 0 aromatic carbocycles. The summed E-state index contributed by atoms with van der Waals surface area (Å²) in [6.45, 7) is 14.9. The number of ether oxygens (including phenoxy) is 2. The molecule has 166 valence electrons. The van der Waals surface area contributed by atoms with Crippen molar-refractivity contribution in [2.24, 2.45) is 4.99 Å². The summed E-state index contributed by atoms with van der Waals surface area (Å²) in [5.41, 5.74) is 0. The molecule has 2 saturated heterocycles. The summed E-state index contributed by atoms with van der Waals surface area (Å²) in [5, 5.41) is 3.55. The van der Waals surface area contributed by atoms with Gasteiger partial charge < -0.3 is 19.7 Å². The van der Waals surface area contributed by atoms with Crippen LogP contribution >= 0.6 is 24.0 Å². The standard InChI is InChI=1S/C21H42N4O2.HI/c1-17(2)25(18(3)4)12-7-11-23-21(22-5)24-13-9-19(10-14-24)27-16-20-8-6-15-26-20;/h17-20H,6-16H2,1-5H3,(H,22,23);1H. The van der Waals surface area contributed by atoms with E-state index >= 15 is 0 Å². The summed E-state index contributed by atoms with van der Waals surface area (Å²) < 4.78 is 11.7. The molecule has 1 unspecified atom stereocenters. The monoisotopic (exact) mass is 510 g/mol. The molecule has 2 fully saturated rings. The van der Waals surface area contributed by atoms with Crippen molar-refractivity contribution in [3.05, 3.63) is 0 Å². The van der Waals surface area contributed by atoms with Crippen LogP contribution in [0.15, 0.2) is 4.99 Å². The number of guanidine groups is 1. The quantitative estimate of drug-likeness (QED) is 0.223. The van der Waals surface area contributed by atoms with Crippen LogP contribution in [0.1, 0.15) is 59.8 Å². The Labute approximate surface area is 189 Å². The molecule has 28 heavy (non-hydrogen) atoms. The highest BCUT2D eigenvalue weighted by Crippen LogP contribution is 2.17. The lowest BCUT2D eigenvalue weighted by atomic mass is 10.1. The van der Waals surface area contributed by atoms with Gasteiger partial charge in [0.2, 0.25) is 0 Å². The highest BCUT2D eigenvalue weighted by molar-refractivity contribution is 14.0. The average Bonchev–Trinajstić information content (AvgIpc) is 3.16. The van der Waals surface area contributed by atoms with E-state index in [1.807, 2.05) is 7.05 Å². The van der Waals surface area contributed by atoms with E-state index < -0.39 is 0 Å². The normalized spacial score (nSPS) is 21.6. The summed E-state index contributed by atoms with van der Waals surface area (Å²) in [4.78, 5) is 9.40. The number of hydrogen-bond acceptors (Lipinski definition) is 4. The van der Waals surface area contributed by atoms with E-state index in [4.69, 9.17) is 9.47 Å². The number of aliphatic imine (C=N–C) groups is 1. The molecule has 0 aliphatic carbocycles. The van der Waals surface area contributed by atoms with Crippen molar-refractivity contribution in [3.63, 3.8) is 0 Å². The van der Waals surface area contributed by atoms with Gasteiger partial charge in [0.25, 0.3) is 0 Å². The third kappa shape index (κ3) is 8.71. The SMILES string of the molecule is CN=C(NCCCN(C(C)C)C(C)C)N1CCC(OCC2CCCO2)CC1.I. The van der Waals surface area contributed by atoms with Crippen LogP contribution in [0.3, 0.4) is 0 Å². The maximum atomic E-state index is 6.08. The molecule has 0 saturated carbocycles. The van der Waals surface area contributed by atoms with Gasteiger partial charge >= 0.3 is 0 Å². The van der Waals surface area contributed by atoms with Crippen molar-refractivity contribution in [1.82, 2.24) is 15.1 Å². The van der Waals surface area contributed by atoms with Crippen LogP contribution < -0.4 is 5.32 Å². The molecule has 7 heteroatoms. The number of nitrogens with zero attached hydrogens (tertiary/aromatic N) is 3. The lowest BCUT2D eigenvalue weighted by Crippen LogP contribution is -2.48. The van der Waals surface area contributed by atoms with Gasteiger partial charge in [0, 0.05) is 51.9 Å². The number of rotatable bonds is 9. The third-order valence-corrected chi connectivity index (χ3v) is 5.70. The highest BCUT2D eigenvalue weighted by Gasteiger charge is 2.24. The Hall–Kier alpha value is -0.120. The Kier molecular flexibility index (Phi) is 12.9. The summed E-state index contributed by atoms with van der Waals surface area (Å²) in [6.07, 6.45) is 6.31. The lowest BCUT2D eigenvalue weighted by Gasteiger charge is -2.35. The van der Waals surface area contributed by atoms with Crippen LogP contribution in [0, 0.1) is 0 Å². The van der Waals surface area contributed by atoms with Gasteiger partial charge in [-0.05, 0) is 59.8 Å². The molecule has 2 aliphatic heterocycles. The molecule has 0 bridgehead atoms. The molecule has 1 atom stereocenters. The summed E-state index contributed by atoms with van der Waals surface area (Å²) in [7, 11) is 1.89. The van der Waals surface area contributed by atoms with E-state index in [0.29, 0.717) is 24.3 Å². The molecule has 2 heterocycles. The maximum Gasteiger partial charge on any atom is 0.193 e. The molecule has 2 aliphatic rings. The van der Waals surface area contributed by atoms with Crippen molar-refractivity contribution in [1.29, 1.82) is 0 Å². The van der Waals surface area contributed by atoms with Gasteiger partial charge in [0.15, 0.2) is 5.96 Å². The van der Waals surface area contributed by atoms with E-state index in [9.17, 15) is 0 Å². The van der Waals surface area contributed by atoms with Gasteiger partial charge in [0.1, 0.15) is 0 Å². The zero-order chi connectivity index (χ0) is 19.6. The minimum atomic E-state index is 0. The van der Waals surface area contributed by atoms with Gasteiger partial charge in [0.05, 0.1) is 18.8 Å². The van der Waals surface area contributed by atoms with E-state index in [-0.39, 0.29) is 24.0 Å². The molecular formula is C21H43IN4O2. The zero-order valence-electron chi connectivity index (χ0n) is 18.7. The summed E-state index contributed by atoms with van der Waals surface area (Å²) >= 11 is 0. The molecule has 6 nitrogen and oxygen atoms in total. The topological polar surface area (TPSA) is 49.3 Å². The molecule has 0 spiro atoms. The summed E-state index contributed by atoms with van der Waals surface area (Å²) in [6, 6.07) is 1.19. The first-order valence-corrected chi connectivity index (χ1v) is 11.0. The predicted octanol–water partition coefficient (Wildman–Crippen LogP) is 3.35. The average molecular weight is 511 g/mol. The van der Waals surface area contributed by atoms with Gasteiger partial charge in [-0.3, -0.25) is 9.89 Å². The van der Waals surface area contributed by atoms with Crippen molar-refractivity contribution in [3.8, 4) is 0 Å². The Morgan fingerprint density at radius 2 is 1.86 bits per heavy atom. The second kappa shape index (κ2) is 14.0. The molecule has 0 aromatic rings. The Morgan fingerprint density at radius 3 is 2.39 bits per heavy atom. The molecule has 0 aromatic heterocycles. The van der Waals surface area contributed by atoms with Crippen LogP contribution in [-0.2, 0) is 9.47 Å². The van der Waals surface area contributed by atoms with Crippen LogP contribution in [-0.4, -0.2) is 86.5 Å². The fourth-order valence-electron chi connectivity index (χ4n) is 4.16. The largest absolute Gasteiger partial charge is 0.376 e. The van der Waals surface area contributed by atoms with E-state index in [1.165, 1.54) is 6.42 Å². The second-order valence-electron chi connectivity index (χ2n) is 8.41. The highest BCUT2D eigenvalue weighted by atomic mass is 127. The van der Waals surface area contributed by atoms with Gasteiger partial charge in [-0.25, -0.2) is 0 Å².